The first-order valence-corrected chi connectivity index (χ1v) is 6.34. The Balaban J connectivity index is 1.90. The monoisotopic (exact) mass is 236 g/mol. The summed E-state index contributed by atoms with van der Waals surface area (Å²) in [4.78, 5) is 13.9. The molecule has 1 heterocycles. The first-order chi connectivity index (χ1) is 8.16. The molecule has 4 nitrogen and oxygen atoms in total. The molecule has 17 heavy (non-hydrogen) atoms. The quantitative estimate of drug-likeness (QED) is 0.810. The van der Waals surface area contributed by atoms with Crippen LogP contribution in [0, 0.1) is 12.8 Å². The molecule has 1 amide bonds. The van der Waals surface area contributed by atoms with Gasteiger partial charge in [-0.25, -0.2) is 0 Å². The summed E-state index contributed by atoms with van der Waals surface area (Å²) in [7, 11) is 1.84. The van der Waals surface area contributed by atoms with Gasteiger partial charge in [-0.15, -0.1) is 0 Å². The molecule has 0 atom stereocenters. The molecule has 0 radical (unpaired) electrons. The smallest absolute Gasteiger partial charge is 0.225 e. The average molecular weight is 236 g/mol. The number of hydrogen-bond acceptors (Lipinski definition) is 3. The number of carbonyl (C=O) groups is 1. The second kappa shape index (κ2) is 5.34. The van der Waals surface area contributed by atoms with Crippen molar-refractivity contribution in [2.24, 2.45) is 5.92 Å². The first kappa shape index (κ1) is 12.1. The third-order valence-corrected chi connectivity index (χ3v) is 3.40. The molecule has 94 valence electrons. The Morgan fingerprint density at radius 1 is 1.47 bits per heavy atom. The van der Waals surface area contributed by atoms with Crippen LogP contribution >= 0.6 is 0 Å². The molecule has 1 aliphatic rings. The van der Waals surface area contributed by atoms with Crippen LogP contribution in [0.15, 0.2) is 10.6 Å². The molecule has 4 heteroatoms. The van der Waals surface area contributed by atoms with Gasteiger partial charge in [-0.05, 0) is 19.8 Å². The minimum atomic E-state index is 0.220. The molecule has 0 bridgehead atoms. The number of carbonyl (C=O) groups excluding carboxylic acids is 1. The Labute approximate surface area is 102 Å². The van der Waals surface area contributed by atoms with Gasteiger partial charge >= 0.3 is 0 Å². The molecule has 0 aliphatic heterocycles. The van der Waals surface area contributed by atoms with Crippen LogP contribution in [0.2, 0.25) is 0 Å². The van der Waals surface area contributed by atoms with E-state index in [2.05, 4.69) is 5.16 Å². The molecule has 2 rings (SSSR count). The lowest BCUT2D eigenvalue weighted by Crippen LogP contribution is -2.33. The molecular weight excluding hydrogens is 216 g/mol. The maximum Gasteiger partial charge on any atom is 0.225 e. The molecule has 1 aromatic rings. The lowest BCUT2D eigenvalue weighted by atomic mass is 9.88. The SMILES string of the molecule is Cc1cc(CN(C)C(=O)C2CCCCC2)on1. The van der Waals surface area contributed by atoms with Crippen molar-refractivity contribution in [2.75, 3.05) is 7.05 Å². The minimum Gasteiger partial charge on any atom is -0.359 e. The summed E-state index contributed by atoms with van der Waals surface area (Å²) >= 11 is 0. The predicted octanol–water partition coefficient (Wildman–Crippen LogP) is 2.52. The van der Waals surface area contributed by atoms with Crippen molar-refractivity contribution >= 4 is 5.91 Å². The number of nitrogens with zero attached hydrogens (tertiary/aromatic N) is 2. The van der Waals surface area contributed by atoms with Crippen LogP contribution < -0.4 is 0 Å². The fraction of sp³-hybridized carbons (Fsp3) is 0.692. The van der Waals surface area contributed by atoms with Gasteiger partial charge in [0.05, 0.1) is 12.2 Å². The van der Waals surface area contributed by atoms with E-state index in [4.69, 9.17) is 4.52 Å². The Bertz CT molecular complexity index is 381. The van der Waals surface area contributed by atoms with E-state index < -0.39 is 0 Å². The van der Waals surface area contributed by atoms with E-state index in [0.717, 1.165) is 24.3 Å². The average Bonchev–Trinajstić information content (AvgIpc) is 2.75. The summed E-state index contributed by atoms with van der Waals surface area (Å²) in [5.74, 6) is 1.23. The second-order valence-electron chi connectivity index (χ2n) is 4.96. The van der Waals surface area contributed by atoms with Crippen molar-refractivity contribution in [1.29, 1.82) is 0 Å². The molecule has 1 aliphatic carbocycles. The second-order valence-corrected chi connectivity index (χ2v) is 4.96. The highest BCUT2D eigenvalue weighted by Gasteiger charge is 2.24. The standard InChI is InChI=1S/C13H20N2O2/c1-10-8-12(17-14-10)9-15(2)13(16)11-6-4-3-5-7-11/h8,11H,3-7,9H2,1-2H3. The molecule has 1 aromatic heterocycles. The van der Waals surface area contributed by atoms with Crippen LogP contribution in [0.4, 0.5) is 0 Å². The third-order valence-electron chi connectivity index (χ3n) is 3.40. The predicted molar refractivity (Wildman–Crippen MR) is 64.3 cm³/mol. The van der Waals surface area contributed by atoms with Crippen LogP contribution in [0.3, 0.4) is 0 Å². The fourth-order valence-corrected chi connectivity index (χ4v) is 2.46. The van der Waals surface area contributed by atoms with Crippen molar-refractivity contribution < 1.29 is 9.32 Å². The Hall–Kier alpha value is -1.32. The molecule has 0 aromatic carbocycles. The van der Waals surface area contributed by atoms with Crippen molar-refractivity contribution in [3.8, 4) is 0 Å². The van der Waals surface area contributed by atoms with Crippen molar-refractivity contribution in [3.05, 3.63) is 17.5 Å². The number of amides is 1. The maximum absolute atomic E-state index is 12.2. The summed E-state index contributed by atoms with van der Waals surface area (Å²) < 4.78 is 5.13. The Kier molecular flexibility index (Phi) is 3.82. The van der Waals surface area contributed by atoms with Gasteiger partial charge in [0.25, 0.3) is 0 Å². The minimum absolute atomic E-state index is 0.220. The van der Waals surface area contributed by atoms with Gasteiger partial charge in [-0.1, -0.05) is 24.4 Å². The van der Waals surface area contributed by atoms with Gasteiger partial charge in [-0.2, -0.15) is 0 Å². The Morgan fingerprint density at radius 2 is 2.18 bits per heavy atom. The largest absolute Gasteiger partial charge is 0.359 e. The molecular formula is C13H20N2O2. The topological polar surface area (TPSA) is 46.3 Å². The maximum atomic E-state index is 12.2. The lowest BCUT2D eigenvalue weighted by Gasteiger charge is -2.25. The zero-order valence-corrected chi connectivity index (χ0v) is 10.6. The van der Waals surface area contributed by atoms with E-state index in [0.29, 0.717) is 6.54 Å². The highest BCUT2D eigenvalue weighted by atomic mass is 16.5. The van der Waals surface area contributed by atoms with Gasteiger partial charge in [0.15, 0.2) is 5.76 Å². The zero-order chi connectivity index (χ0) is 12.3. The first-order valence-electron chi connectivity index (χ1n) is 6.34. The van der Waals surface area contributed by atoms with E-state index in [9.17, 15) is 4.79 Å². The summed E-state index contributed by atoms with van der Waals surface area (Å²) in [6, 6.07) is 1.88. The highest BCUT2D eigenvalue weighted by Crippen LogP contribution is 2.25. The van der Waals surface area contributed by atoms with E-state index in [1.165, 1.54) is 19.3 Å². The van der Waals surface area contributed by atoms with Gasteiger partial charge < -0.3 is 9.42 Å². The number of rotatable bonds is 3. The van der Waals surface area contributed by atoms with E-state index >= 15 is 0 Å². The lowest BCUT2D eigenvalue weighted by molar-refractivity contribution is -0.136. The summed E-state index contributed by atoms with van der Waals surface area (Å²) in [5, 5.41) is 3.83. The fourth-order valence-electron chi connectivity index (χ4n) is 2.46. The van der Waals surface area contributed by atoms with Crippen molar-refractivity contribution in [2.45, 2.75) is 45.6 Å². The van der Waals surface area contributed by atoms with Crippen LogP contribution in [-0.4, -0.2) is 23.0 Å². The van der Waals surface area contributed by atoms with Gasteiger partial charge in [-0.3, -0.25) is 4.79 Å². The molecule has 0 saturated heterocycles. The highest BCUT2D eigenvalue weighted by molar-refractivity contribution is 5.78. The number of aromatic nitrogens is 1. The van der Waals surface area contributed by atoms with Crippen molar-refractivity contribution in [1.82, 2.24) is 10.1 Å². The van der Waals surface area contributed by atoms with E-state index in [1.807, 2.05) is 20.0 Å². The normalized spacial score (nSPS) is 17.1. The zero-order valence-electron chi connectivity index (χ0n) is 10.6. The summed E-state index contributed by atoms with van der Waals surface area (Å²) in [5.41, 5.74) is 0.860. The molecule has 1 saturated carbocycles. The van der Waals surface area contributed by atoms with Gasteiger partial charge in [0.2, 0.25) is 5.91 Å². The van der Waals surface area contributed by atoms with Crippen LogP contribution in [0.25, 0.3) is 0 Å². The molecule has 0 spiro atoms. The summed E-state index contributed by atoms with van der Waals surface area (Å²) in [6.45, 7) is 2.41. The van der Waals surface area contributed by atoms with Crippen LogP contribution in [-0.2, 0) is 11.3 Å². The molecule has 0 unspecified atom stereocenters. The summed E-state index contributed by atoms with van der Waals surface area (Å²) in [6.07, 6.45) is 5.73. The van der Waals surface area contributed by atoms with Crippen molar-refractivity contribution in [3.63, 3.8) is 0 Å². The molecule has 0 N–H and O–H groups in total. The number of aryl methyl sites for hydroxylation is 1. The van der Waals surface area contributed by atoms with E-state index in [1.54, 1.807) is 4.90 Å². The van der Waals surface area contributed by atoms with Crippen LogP contribution in [0.1, 0.15) is 43.6 Å². The number of hydrogen-bond donors (Lipinski definition) is 0. The van der Waals surface area contributed by atoms with Gasteiger partial charge in [0.1, 0.15) is 0 Å². The third kappa shape index (κ3) is 3.08. The van der Waals surface area contributed by atoms with Gasteiger partial charge in [0, 0.05) is 19.0 Å². The van der Waals surface area contributed by atoms with E-state index in [-0.39, 0.29) is 11.8 Å². The van der Waals surface area contributed by atoms with Crippen LogP contribution in [0.5, 0.6) is 0 Å². The Morgan fingerprint density at radius 3 is 2.76 bits per heavy atom. The molecule has 1 fully saturated rings.